The van der Waals surface area contributed by atoms with Crippen LogP contribution in [0.15, 0.2) is 36.5 Å². The highest BCUT2D eigenvalue weighted by Crippen LogP contribution is 2.33. The molecule has 2 heterocycles. The summed E-state index contributed by atoms with van der Waals surface area (Å²) in [7, 11) is 0. The smallest absolute Gasteiger partial charge is 0.165 e. The molecular formula is C25H31N3. The van der Waals surface area contributed by atoms with E-state index in [9.17, 15) is 5.26 Å². The van der Waals surface area contributed by atoms with Gasteiger partial charge in [-0.1, -0.05) is 58.7 Å². The Morgan fingerprint density at radius 2 is 1.64 bits per heavy atom. The average molecular weight is 374 g/mol. The lowest BCUT2D eigenvalue weighted by atomic mass is 9.94. The number of nitrogens with zero attached hydrogens (tertiary/aromatic N) is 3. The second-order valence-corrected chi connectivity index (χ2v) is 7.52. The van der Waals surface area contributed by atoms with Crippen molar-refractivity contribution in [2.24, 2.45) is 0 Å². The summed E-state index contributed by atoms with van der Waals surface area (Å²) in [5.74, 6) is 0. The van der Waals surface area contributed by atoms with E-state index in [2.05, 4.69) is 74.9 Å². The van der Waals surface area contributed by atoms with Gasteiger partial charge in [-0.3, -0.25) is 0 Å². The Balaban J connectivity index is 2.22. The molecule has 3 rings (SSSR count). The maximum atomic E-state index is 9.92. The van der Waals surface area contributed by atoms with Gasteiger partial charge in [0.15, 0.2) is 5.69 Å². The summed E-state index contributed by atoms with van der Waals surface area (Å²) in [5, 5.41) is 11.0. The van der Waals surface area contributed by atoms with Crippen LogP contribution >= 0.6 is 0 Å². The van der Waals surface area contributed by atoms with Crippen LogP contribution < -0.4 is 0 Å². The number of aryl methyl sites for hydroxylation is 2. The largest absolute Gasteiger partial charge is 0.342 e. The van der Waals surface area contributed by atoms with Crippen LogP contribution in [0.3, 0.4) is 0 Å². The zero-order valence-electron chi connectivity index (χ0n) is 17.6. The third-order valence-electron chi connectivity index (χ3n) is 5.69. The number of aromatic nitrogens is 2. The Bertz CT molecular complexity index is 963. The van der Waals surface area contributed by atoms with Gasteiger partial charge >= 0.3 is 0 Å². The molecule has 3 aromatic rings. The monoisotopic (exact) mass is 373 g/mol. The second-order valence-electron chi connectivity index (χ2n) is 7.52. The molecule has 146 valence electrons. The van der Waals surface area contributed by atoms with E-state index >= 15 is 0 Å². The molecule has 3 nitrogen and oxygen atoms in total. The number of pyridine rings is 1. The fourth-order valence-electron chi connectivity index (χ4n) is 4.36. The van der Waals surface area contributed by atoms with Gasteiger partial charge in [-0.2, -0.15) is 5.26 Å². The molecule has 0 bridgehead atoms. The van der Waals surface area contributed by atoms with Crippen LogP contribution in [0.1, 0.15) is 76.2 Å². The Morgan fingerprint density at radius 3 is 2.18 bits per heavy atom. The molecule has 0 N–H and O–H groups in total. The minimum Gasteiger partial charge on any atom is -0.342 e. The number of nitriles is 1. The molecule has 0 saturated carbocycles. The molecule has 0 unspecified atom stereocenters. The predicted molar refractivity (Wildman–Crippen MR) is 117 cm³/mol. The first-order chi connectivity index (χ1) is 13.7. The van der Waals surface area contributed by atoms with Gasteiger partial charge < -0.3 is 4.57 Å². The average Bonchev–Trinajstić information content (AvgIpc) is 3.16. The van der Waals surface area contributed by atoms with E-state index in [1.165, 1.54) is 16.7 Å². The van der Waals surface area contributed by atoms with Gasteiger partial charge in [0.1, 0.15) is 6.07 Å². The zero-order valence-corrected chi connectivity index (χ0v) is 17.6. The number of hydrogen-bond acceptors (Lipinski definition) is 2. The van der Waals surface area contributed by atoms with Crippen LogP contribution in [0, 0.1) is 11.3 Å². The first-order valence-electron chi connectivity index (χ1n) is 10.7. The summed E-state index contributed by atoms with van der Waals surface area (Å²) in [6.45, 7) is 8.81. The molecule has 0 radical (unpaired) electrons. The highest BCUT2D eigenvalue weighted by atomic mass is 15.0. The number of fused-ring (bicyclic) bond motifs is 1. The first-order valence-corrected chi connectivity index (χ1v) is 10.7. The van der Waals surface area contributed by atoms with Crippen molar-refractivity contribution in [2.45, 2.75) is 72.3 Å². The Labute approximate surface area is 169 Å². The molecule has 0 fully saturated rings. The fourth-order valence-corrected chi connectivity index (χ4v) is 4.36. The summed E-state index contributed by atoms with van der Waals surface area (Å²) in [5.41, 5.74) is 6.26. The van der Waals surface area contributed by atoms with Crippen molar-refractivity contribution in [1.82, 2.24) is 9.55 Å². The van der Waals surface area contributed by atoms with Crippen LogP contribution in [-0.2, 0) is 12.8 Å². The molecule has 0 aliphatic carbocycles. The predicted octanol–water partition coefficient (Wildman–Crippen LogP) is 6.84. The zero-order chi connectivity index (χ0) is 20.1. The quantitative estimate of drug-likeness (QED) is 0.433. The van der Waals surface area contributed by atoms with Crippen molar-refractivity contribution in [2.75, 3.05) is 0 Å². The standard InChI is InChI=1S/C25H31N3/c1-5-10-21(11-6-2)28-15-14-20-16-22(27-23(17-26)25(20)28)24-18(7-3)12-9-13-19(24)8-4/h9,12-16,21H,5-8,10-11H2,1-4H3. The number of rotatable bonds is 8. The van der Waals surface area contributed by atoms with Crippen molar-refractivity contribution in [1.29, 1.82) is 5.26 Å². The van der Waals surface area contributed by atoms with Gasteiger partial charge in [0.2, 0.25) is 0 Å². The van der Waals surface area contributed by atoms with E-state index < -0.39 is 0 Å². The minimum absolute atomic E-state index is 0.432. The summed E-state index contributed by atoms with van der Waals surface area (Å²) in [6.07, 6.45) is 8.61. The van der Waals surface area contributed by atoms with Gasteiger partial charge in [-0.05, 0) is 48.9 Å². The molecule has 2 aromatic heterocycles. The van der Waals surface area contributed by atoms with Crippen LogP contribution in [0.25, 0.3) is 22.2 Å². The molecule has 0 spiro atoms. The van der Waals surface area contributed by atoms with E-state index in [1.54, 1.807) is 0 Å². The summed E-state index contributed by atoms with van der Waals surface area (Å²) in [6, 6.07) is 13.6. The molecule has 0 saturated heterocycles. The van der Waals surface area contributed by atoms with Gasteiger partial charge in [-0.15, -0.1) is 0 Å². The van der Waals surface area contributed by atoms with Crippen LogP contribution in [0.5, 0.6) is 0 Å². The van der Waals surface area contributed by atoms with E-state index in [1.807, 2.05) is 0 Å². The van der Waals surface area contributed by atoms with E-state index in [4.69, 9.17) is 4.98 Å². The van der Waals surface area contributed by atoms with Crippen molar-refractivity contribution >= 4 is 10.9 Å². The Hall–Kier alpha value is -2.60. The van der Waals surface area contributed by atoms with Gasteiger partial charge in [0, 0.05) is 23.2 Å². The summed E-state index contributed by atoms with van der Waals surface area (Å²) in [4.78, 5) is 4.86. The van der Waals surface area contributed by atoms with Gasteiger partial charge in [0.25, 0.3) is 0 Å². The summed E-state index contributed by atoms with van der Waals surface area (Å²) >= 11 is 0. The molecule has 1 aromatic carbocycles. The summed E-state index contributed by atoms with van der Waals surface area (Å²) < 4.78 is 2.30. The first kappa shape index (κ1) is 20.1. The third-order valence-corrected chi connectivity index (χ3v) is 5.69. The maximum absolute atomic E-state index is 9.92. The second kappa shape index (κ2) is 9.06. The highest BCUT2D eigenvalue weighted by Gasteiger charge is 2.18. The SMILES string of the molecule is CCCC(CCC)n1ccc2cc(-c3c(CC)cccc3CC)nc(C#N)c21. The van der Waals surface area contributed by atoms with E-state index in [-0.39, 0.29) is 0 Å². The molecule has 0 amide bonds. The molecule has 0 aliphatic heterocycles. The molecular weight excluding hydrogens is 342 g/mol. The lowest BCUT2D eigenvalue weighted by molar-refractivity contribution is 0.437. The fraction of sp³-hybridized carbons (Fsp3) is 0.440. The number of benzene rings is 1. The molecule has 0 aliphatic rings. The van der Waals surface area contributed by atoms with E-state index in [0.717, 1.165) is 55.1 Å². The van der Waals surface area contributed by atoms with Gasteiger partial charge in [0.05, 0.1) is 11.2 Å². The van der Waals surface area contributed by atoms with Crippen molar-refractivity contribution < 1.29 is 0 Å². The van der Waals surface area contributed by atoms with Gasteiger partial charge in [-0.25, -0.2) is 4.98 Å². The minimum atomic E-state index is 0.432. The third kappa shape index (κ3) is 3.69. The Morgan fingerprint density at radius 1 is 1.00 bits per heavy atom. The van der Waals surface area contributed by atoms with Crippen molar-refractivity contribution in [3.63, 3.8) is 0 Å². The lowest BCUT2D eigenvalue weighted by Crippen LogP contribution is -2.09. The van der Waals surface area contributed by atoms with Crippen LogP contribution in [-0.4, -0.2) is 9.55 Å². The van der Waals surface area contributed by atoms with E-state index in [0.29, 0.717) is 11.7 Å². The Kier molecular flexibility index (Phi) is 6.52. The van der Waals surface area contributed by atoms with Crippen LogP contribution in [0.2, 0.25) is 0 Å². The van der Waals surface area contributed by atoms with Crippen molar-refractivity contribution in [3.05, 3.63) is 53.3 Å². The van der Waals surface area contributed by atoms with Crippen molar-refractivity contribution in [3.8, 4) is 17.3 Å². The topological polar surface area (TPSA) is 41.6 Å². The molecule has 28 heavy (non-hydrogen) atoms. The highest BCUT2D eigenvalue weighted by molar-refractivity contribution is 5.88. The molecule has 3 heteroatoms. The lowest BCUT2D eigenvalue weighted by Gasteiger charge is -2.20. The number of hydrogen-bond donors (Lipinski definition) is 0. The normalized spacial score (nSPS) is 11.3. The van der Waals surface area contributed by atoms with Crippen LogP contribution in [0.4, 0.5) is 0 Å². The maximum Gasteiger partial charge on any atom is 0.165 e. The molecule has 0 atom stereocenters.